The highest BCUT2D eigenvalue weighted by Gasteiger charge is 2.30. The minimum absolute atomic E-state index is 0.00860. The molecule has 0 fully saturated rings. The summed E-state index contributed by atoms with van der Waals surface area (Å²) in [5.41, 5.74) is -0.808. The summed E-state index contributed by atoms with van der Waals surface area (Å²) in [5.74, 6) is -0.377. The highest BCUT2D eigenvalue weighted by atomic mass is 19.4. The van der Waals surface area contributed by atoms with Crippen molar-refractivity contribution in [1.82, 2.24) is 5.32 Å². The number of benzene rings is 1. The smallest absolute Gasteiger partial charge is 0.416 e. The molecule has 1 aromatic carbocycles. The molecule has 0 saturated heterocycles. The first-order valence-electron chi connectivity index (χ1n) is 6.58. The number of rotatable bonds is 8. The molecule has 0 saturated carbocycles. The van der Waals surface area contributed by atoms with Crippen molar-refractivity contribution in [3.05, 3.63) is 29.8 Å². The molecule has 21 heavy (non-hydrogen) atoms. The fourth-order valence-corrected chi connectivity index (χ4v) is 1.51. The zero-order valence-electron chi connectivity index (χ0n) is 11.7. The van der Waals surface area contributed by atoms with Crippen molar-refractivity contribution in [3.8, 4) is 5.75 Å². The molecular formula is C14H18F3NO3. The Labute approximate surface area is 121 Å². The van der Waals surface area contributed by atoms with Crippen LogP contribution < -0.4 is 10.1 Å². The van der Waals surface area contributed by atoms with Crippen molar-refractivity contribution in [3.63, 3.8) is 0 Å². The molecule has 1 N–H and O–H groups in total. The zero-order valence-corrected chi connectivity index (χ0v) is 11.7. The third-order valence-corrected chi connectivity index (χ3v) is 2.52. The summed E-state index contributed by atoms with van der Waals surface area (Å²) < 4.78 is 47.6. The summed E-state index contributed by atoms with van der Waals surface area (Å²) in [6.45, 7) is 3.15. The van der Waals surface area contributed by atoms with Gasteiger partial charge in [0.05, 0.1) is 5.56 Å². The van der Waals surface area contributed by atoms with Crippen molar-refractivity contribution in [2.24, 2.45) is 0 Å². The van der Waals surface area contributed by atoms with Crippen molar-refractivity contribution in [2.75, 3.05) is 26.4 Å². The monoisotopic (exact) mass is 305 g/mol. The van der Waals surface area contributed by atoms with Gasteiger partial charge in [-0.2, -0.15) is 13.2 Å². The molecule has 118 valence electrons. The van der Waals surface area contributed by atoms with Gasteiger partial charge >= 0.3 is 6.18 Å². The maximum absolute atomic E-state index is 12.5. The Balaban J connectivity index is 2.33. The lowest BCUT2D eigenvalue weighted by Gasteiger charge is -2.10. The normalized spacial score (nSPS) is 11.2. The number of amides is 1. The van der Waals surface area contributed by atoms with E-state index in [-0.39, 0.29) is 18.3 Å². The van der Waals surface area contributed by atoms with E-state index in [2.05, 4.69) is 5.32 Å². The Hall–Kier alpha value is -1.76. The van der Waals surface area contributed by atoms with Crippen LogP contribution in [0.3, 0.4) is 0 Å². The molecule has 0 spiro atoms. The van der Waals surface area contributed by atoms with Gasteiger partial charge in [-0.3, -0.25) is 4.79 Å². The molecule has 0 bridgehead atoms. The Bertz CT molecular complexity index is 449. The van der Waals surface area contributed by atoms with E-state index >= 15 is 0 Å². The summed E-state index contributed by atoms with van der Waals surface area (Å²) in [7, 11) is 0. The minimum atomic E-state index is -4.43. The van der Waals surface area contributed by atoms with Crippen LogP contribution in [0, 0.1) is 0 Å². The number of carbonyl (C=O) groups excluding carboxylic acids is 1. The average Bonchev–Trinajstić information content (AvgIpc) is 2.44. The summed E-state index contributed by atoms with van der Waals surface area (Å²) in [4.78, 5) is 11.4. The zero-order chi connectivity index (χ0) is 15.7. The van der Waals surface area contributed by atoms with Gasteiger partial charge in [-0.1, -0.05) is 6.07 Å². The minimum Gasteiger partial charge on any atom is -0.484 e. The number of carbonyl (C=O) groups is 1. The van der Waals surface area contributed by atoms with E-state index in [1.807, 2.05) is 6.92 Å². The van der Waals surface area contributed by atoms with Crippen molar-refractivity contribution < 1.29 is 27.4 Å². The van der Waals surface area contributed by atoms with E-state index in [9.17, 15) is 18.0 Å². The van der Waals surface area contributed by atoms with Gasteiger partial charge in [-0.15, -0.1) is 0 Å². The van der Waals surface area contributed by atoms with E-state index in [1.54, 1.807) is 0 Å². The van der Waals surface area contributed by atoms with Gasteiger partial charge in [0, 0.05) is 19.8 Å². The first-order chi connectivity index (χ1) is 9.93. The third kappa shape index (κ3) is 6.99. The van der Waals surface area contributed by atoms with Crippen molar-refractivity contribution in [2.45, 2.75) is 19.5 Å². The molecule has 0 aromatic heterocycles. The van der Waals surface area contributed by atoms with Gasteiger partial charge < -0.3 is 14.8 Å². The van der Waals surface area contributed by atoms with E-state index in [0.717, 1.165) is 12.1 Å². The molecule has 0 unspecified atom stereocenters. The Morgan fingerprint density at radius 3 is 2.76 bits per heavy atom. The first-order valence-corrected chi connectivity index (χ1v) is 6.58. The lowest BCUT2D eigenvalue weighted by atomic mass is 10.2. The lowest BCUT2D eigenvalue weighted by molar-refractivity contribution is -0.137. The quantitative estimate of drug-likeness (QED) is 0.751. The van der Waals surface area contributed by atoms with E-state index in [1.165, 1.54) is 12.1 Å². The van der Waals surface area contributed by atoms with Crippen LogP contribution in [0.25, 0.3) is 0 Å². The summed E-state index contributed by atoms with van der Waals surface area (Å²) in [6.07, 6.45) is -3.76. The number of hydrogen-bond acceptors (Lipinski definition) is 3. The second-order valence-corrected chi connectivity index (χ2v) is 4.21. The van der Waals surface area contributed by atoms with Crippen LogP contribution in [0.15, 0.2) is 24.3 Å². The van der Waals surface area contributed by atoms with Gasteiger partial charge in [0.1, 0.15) is 5.75 Å². The van der Waals surface area contributed by atoms with E-state index < -0.39 is 11.7 Å². The van der Waals surface area contributed by atoms with Crippen LogP contribution in [-0.2, 0) is 15.7 Å². The number of nitrogens with one attached hydrogen (secondary N) is 1. The fraction of sp³-hybridized carbons (Fsp3) is 0.500. The number of alkyl halides is 3. The van der Waals surface area contributed by atoms with Gasteiger partial charge in [0.25, 0.3) is 5.91 Å². The van der Waals surface area contributed by atoms with Crippen LogP contribution in [0.1, 0.15) is 18.9 Å². The molecule has 7 heteroatoms. The highest BCUT2D eigenvalue weighted by Crippen LogP contribution is 2.31. The van der Waals surface area contributed by atoms with Crippen LogP contribution in [-0.4, -0.2) is 32.3 Å². The molecule has 0 aliphatic carbocycles. The number of hydrogen-bond donors (Lipinski definition) is 1. The predicted molar refractivity (Wildman–Crippen MR) is 71.1 cm³/mol. The second-order valence-electron chi connectivity index (χ2n) is 4.21. The van der Waals surface area contributed by atoms with Crippen LogP contribution >= 0.6 is 0 Å². The average molecular weight is 305 g/mol. The Kier molecular flexibility index (Phi) is 7.01. The van der Waals surface area contributed by atoms with Crippen LogP contribution in [0.4, 0.5) is 13.2 Å². The van der Waals surface area contributed by atoms with Crippen molar-refractivity contribution in [1.29, 1.82) is 0 Å². The third-order valence-electron chi connectivity index (χ3n) is 2.52. The topological polar surface area (TPSA) is 47.6 Å². The molecule has 0 aliphatic heterocycles. The molecule has 0 atom stereocenters. The SMILES string of the molecule is CCOCCCNC(=O)COc1cccc(C(F)(F)F)c1. The van der Waals surface area contributed by atoms with Gasteiger partial charge in [-0.05, 0) is 31.5 Å². The molecule has 1 amide bonds. The van der Waals surface area contributed by atoms with Gasteiger partial charge in [-0.25, -0.2) is 0 Å². The predicted octanol–water partition coefficient (Wildman–Crippen LogP) is 2.63. The molecule has 1 aromatic rings. The molecule has 0 heterocycles. The number of halogens is 3. The molecular weight excluding hydrogens is 287 g/mol. The largest absolute Gasteiger partial charge is 0.484 e. The first kappa shape index (κ1) is 17.3. The fourth-order valence-electron chi connectivity index (χ4n) is 1.51. The standard InChI is InChI=1S/C14H18F3NO3/c1-2-20-8-4-7-18-13(19)10-21-12-6-3-5-11(9-12)14(15,16)17/h3,5-6,9H,2,4,7-8,10H2,1H3,(H,18,19). The molecule has 4 nitrogen and oxygen atoms in total. The van der Waals surface area contributed by atoms with Crippen LogP contribution in [0.2, 0.25) is 0 Å². The molecule has 0 aliphatic rings. The maximum Gasteiger partial charge on any atom is 0.416 e. The lowest BCUT2D eigenvalue weighted by Crippen LogP contribution is -2.30. The second kappa shape index (κ2) is 8.51. The molecule has 0 radical (unpaired) electrons. The van der Waals surface area contributed by atoms with E-state index in [0.29, 0.717) is 26.2 Å². The van der Waals surface area contributed by atoms with Crippen molar-refractivity contribution >= 4 is 5.91 Å². The van der Waals surface area contributed by atoms with E-state index in [4.69, 9.17) is 9.47 Å². The van der Waals surface area contributed by atoms with Gasteiger partial charge in [0.15, 0.2) is 6.61 Å². The van der Waals surface area contributed by atoms with Gasteiger partial charge in [0.2, 0.25) is 0 Å². The number of ether oxygens (including phenoxy) is 2. The Morgan fingerprint density at radius 1 is 1.33 bits per heavy atom. The van der Waals surface area contributed by atoms with Crippen LogP contribution in [0.5, 0.6) is 5.75 Å². The highest BCUT2D eigenvalue weighted by molar-refractivity contribution is 5.77. The summed E-state index contributed by atoms with van der Waals surface area (Å²) >= 11 is 0. The Morgan fingerprint density at radius 2 is 2.10 bits per heavy atom. The summed E-state index contributed by atoms with van der Waals surface area (Å²) in [5, 5.41) is 2.59. The maximum atomic E-state index is 12.5. The summed E-state index contributed by atoms with van der Waals surface area (Å²) in [6, 6.07) is 4.42. The molecule has 1 rings (SSSR count).